The van der Waals surface area contributed by atoms with E-state index < -0.39 is 27.4 Å². The van der Waals surface area contributed by atoms with Crippen molar-refractivity contribution in [3.8, 4) is 5.88 Å². The molecule has 0 spiro atoms. The van der Waals surface area contributed by atoms with Crippen molar-refractivity contribution >= 4 is 10.1 Å². The van der Waals surface area contributed by atoms with Gasteiger partial charge in [0, 0.05) is 0 Å². The maximum Gasteiger partial charge on any atom is 0.333 e. The van der Waals surface area contributed by atoms with Gasteiger partial charge in [-0.3, -0.25) is 4.55 Å². The Kier molecular flexibility index (Phi) is 3.25. The molecule has 6 nitrogen and oxygen atoms in total. The van der Waals surface area contributed by atoms with Gasteiger partial charge in [-0.15, -0.1) is 5.10 Å². The molecule has 0 aromatic carbocycles. The van der Waals surface area contributed by atoms with Crippen molar-refractivity contribution in [3.63, 3.8) is 0 Å². The summed E-state index contributed by atoms with van der Waals surface area (Å²) >= 11 is 0. The molecule has 1 rings (SSSR count). The van der Waals surface area contributed by atoms with Crippen LogP contribution in [0.2, 0.25) is 0 Å². The summed E-state index contributed by atoms with van der Waals surface area (Å²) in [7, 11) is -4.61. The van der Waals surface area contributed by atoms with Gasteiger partial charge in [0.1, 0.15) is 0 Å². The lowest BCUT2D eigenvalue weighted by molar-refractivity contribution is 0.0549. The molecule has 0 aliphatic heterocycles. The van der Waals surface area contributed by atoms with Crippen LogP contribution in [0.15, 0.2) is 11.1 Å². The molecule has 0 bridgehead atoms. The quantitative estimate of drug-likeness (QED) is 0.794. The summed E-state index contributed by atoms with van der Waals surface area (Å²) in [5.41, 5.74) is 0. The Bertz CT molecular complexity index is 442. The highest BCUT2D eigenvalue weighted by Crippen LogP contribution is 2.24. The maximum atomic E-state index is 12.2. The second kappa shape index (κ2) is 4.11. The first-order valence-electron chi connectivity index (χ1n) is 3.84. The number of halogens is 2. The molecule has 0 saturated heterocycles. The van der Waals surface area contributed by atoms with E-state index in [0.717, 1.165) is 0 Å². The smallest absolute Gasteiger partial charge is 0.333 e. The normalized spacial score (nSPS) is 12.1. The molecule has 0 saturated carbocycles. The van der Waals surface area contributed by atoms with E-state index >= 15 is 0 Å². The van der Waals surface area contributed by atoms with Gasteiger partial charge < -0.3 is 4.74 Å². The molecule has 0 aliphatic carbocycles. The molecule has 1 aromatic heterocycles. The van der Waals surface area contributed by atoms with E-state index in [1.165, 1.54) is 6.92 Å². The van der Waals surface area contributed by atoms with Crippen LogP contribution in [0.5, 0.6) is 5.88 Å². The average molecular weight is 242 g/mol. The summed E-state index contributed by atoms with van der Waals surface area (Å²) in [6.45, 7) is -1.43. The van der Waals surface area contributed by atoms with Crippen LogP contribution in [0.25, 0.3) is 0 Å². The van der Waals surface area contributed by atoms with Crippen molar-refractivity contribution in [2.24, 2.45) is 0 Å². The van der Waals surface area contributed by atoms with E-state index in [0.29, 0.717) is 6.20 Å². The van der Waals surface area contributed by atoms with Crippen molar-refractivity contribution in [3.05, 3.63) is 6.20 Å². The highest BCUT2D eigenvalue weighted by molar-refractivity contribution is 7.86. The summed E-state index contributed by atoms with van der Waals surface area (Å²) in [5.74, 6) is -0.541. The molecule has 0 unspecified atom stereocenters. The van der Waals surface area contributed by atoms with Gasteiger partial charge in [0.25, 0.3) is 5.88 Å². The highest BCUT2D eigenvalue weighted by atomic mass is 32.2. The van der Waals surface area contributed by atoms with E-state index in [1.807, 2.05) is 0 Å². The van der Waals surface area contributed by atoms with Gasteiger partial charge in [-0.05, 0) is 6.92 Å². The summed E-state index contributed by atoms with van der Waals surface area (Å²) in [5, 5.41) is 3.17. The van der Waals surface area contributed by atoms with E-state index in [9.17, 15) is 17.2 Å². The van der Waals surface area contributed by atoms with Crippen LogP contribution in [-0.4, -0.2) is 29.4 Å². The van der Waals surface area contributed by atoms with Crippen molar-refractivity contribution in [1.29, 1.82) is 0 Å². The fourth-order valence-corrected chi connectivity index (χ4v) is 1.43. The summed E-state index contributed by atoms with van der Waals surface area (Å²) < 4.78 is 59.3. The minimum absolute atomic E-state index is 0.0444. The van der Waals surface area contributed by atoms with Gasteiger partial charge in [0.05, 0.1) is 12.8 Å². The number of hydrogen-bond donors (Lipinski definition) is 1. The van der Waals surface area contributed by atoms with Crippen molar-refractivity contribution in [1.82, 2.24) is 9.78 Å². The van der Waals surface area contributed by atoms with Crippen LogP contribution in [0, 0.1) is 0 Å². The molecule has 0 radical (unpaired) electrons. The molecule has 15 heavy (non-hydrogen) atoms. The van der Waals surface area contributed by atoms with E-state index in [1.54, 1.807) is 0 Å². The van der Waals surface area contributed by atoms with Gasteiger partial charge in [0.2, 0.25) is 0 Å². The third-order valence-electron chi connectivity index (χ3n) is 1.43. The standard InChI is InChI=1S/C6H8F2N2O4S/c1-2-14-5-4(15(11,12)13)3-10(9-5)6(7)8/h3,6H,2H2,1H3,(H,11,12,13). The maximum absolute atomic E-state index is 12.2. The molecule has 0 fully saturated rings. The molecule has 0 amide bonds. The third-order valence-corrected chi connectivity index (χ3v) is 2.26. The van der Waals surface area contributed by atoms with Crippen LogP contribution in [0.1, 0.15) is 13.5 Å². The molecular weight excluding hydrogens is 234 g/mol. The number of nitrogens with zero attached hydrogens (tertiary/aromatic N) is 2. The number of rotatable bonds is 4. The largest absolute Gasteiger partial charge is 0.476 e. The lowest BCUT2D eigenvalue weighted by atomic mass is 10.7. The Balaban J connectivity index is 3.24. The average Bonchev–Trinajstić information content (AvgIpc) is 2.48. The van der Waals surface area contributed by atoms with E-state index in [2.05, 4.69) is 9.84 Å². The Labute approximate surface area is 84.2 Å². The van der Waals surface area contributed by atoms with Gasteiger partial charge in [-0.1, -0.05) is 0 Å². The number of aromatic nitrogens is 2. The van der Waals surface area contributed by atoms with Crippen LogP contribution >= 0.6 is 0 Å². The minimum Gasteiger partial charge on any atom is -0.476 e. The summed E-state index contributed by atoms with van der Waals surface area (Å²) in [6.07, 6.45) is 0.505. The Hall–Kier alpha value is -1.22. The molecule has 0 aliphatic rings. The molecule has 86 valence electrons. The zero-order valence-corrected chi connectivity index (χ0v) is 8.41. The fourth-order valence-electron chi connectivity index (χ4n) is 0.872. The van der Waals surface area contributed by atoms with E-state index in [-0.39, 0.29) is 11.3 Å². The predicted molar refractivity (Wildman–Crippen MR) is 44.5 cm³/mol. The Morgan fingerprint density at radius 2 is 2.27 bits per heavy atom. The zero-order valence-electron chi connectivity index (χ0n) is 7.59. The van der Waals surface area contributed by atoms with Crippen molar-refractivity contribution < 1.29 is 26.5 Å². The first kappa shape index (κ1) is 11.9. The van der Waals surface area contributed by atoms with Crippen LogP contribution in [0.4, 0.5) is 8.78 Å². The molecule has 0 atom stereocenters. The molecular formula is C6H8F2N2O4S. The fraction of sp³-hybridized carbons (Fsp3) is 0.500. The predicted octanol–water partition coefficient (Wildman–Crippen LogP) is 0.924. The molecule has 1 aromatic rings. The van der Waals surface area contributed by atoms with Gasteiger partial charge in [-0.25, -0.2) is 4.68 Å². The van der Waals surface area contributed by atoms with Gasteiger partial charge in [0.15, 0.2) is 4.90 Å². The lowest BCUT2D eigenvalue weighted by Crippen LogP contribution is -2.01. The van der Waals surface area contributed by atoms with Crippen LogP contribution in [-0.2, 0) is 10.1 Å². The Morgan fingerprint density at radius 1 is 1.67 bits per heavy atom. The zero-order chi connectivity index (χ0) is 11.6. The SMILES string of the molecule is CCOc1nn(C(F)F)cc1S(=O)(=O)O. The van der Waals surface area contributed by atoms with Gasteiger partial charge >= 0.3 is 16.7 Å². The number of alkyl halides is 2. The lowest BCUT2D eigenvalue weighted by Gasteiger charge is -1.99. The van der Waals surface area contributed by atoms with Crippen LogP contribution < -0.4 is 4.74 Å². The third kappa shape index (κ3) is 2.63. The number of ether oxygens (including phenoxy) is 1. The number of hydrogen-bond acceptors (Lipinski definition) is 4. The van der Waals surface area contributed by atoms with Crippen molar-refractivity contribution in [2.75, 3.05) is 6.61 Å². The first-order valence-corrected chi connectivity index (χ1v) is 5.28. The molecule has 1 N–H and O–H groups in total. The highest BCUT2D eigenvalue weighted by Gasteiger charge is 2.23. The van der Waals surface area contributed by atoms with Crippen LogP contribution in [0.3, 0.4) is 0 Å². The van der Waals surface area contributed by atoms with E-state index in [4.69, 9.17) is 4.55 Å². The Morgan fingerprint density at radius 3 is 2.67 bits per heavy atom. The van der Waals surface area contributed by atoms with Crippen molar-refractivity contribution in [2.45, 2.75) is 18.4 Å². The second-order valence-corrected chi connectivity index (χ2v) is 3.85. The van der Waals surface area contributed by atoms with Gasteiger partial charge in [-0.2, -0.15) is 17.2 Å². The minimum atomic E-state index is -4.61. The molecule has 9 heteroatoms. The summed E-state index contributed by atoms with van der Waals surface area (Å²) in [4.78, 5) is -0.773. The first-order chi connectivity index (χ1) is 6.86. The second-order valence-electron chi connectivity index (χ2n) is 2.46. The summed E-state index contributed by atoms with van der Waals surface area (Å²) in [6, 6.07) is 0. The molecule has 1 heterocycles. The monoisotopic (exact) mass is 242 g/mol. The topological polar surface area (TPSA) is 81.4 Å².